The minimum atomic E-state index is -0.699. The Morgan fingerprint density at radius 2 is 2.00 bits per heavy atom. The number of amides is 1. The van der Waals surface area contributed by atoms with Crippen molar-refractivity contribution in [2.45, 2.75) is 33.9 Å². The maximum Gasteiger partial charge on any atom is 0.320 e. The zero-order valence-electron chi connectivity index (χ0n) is 15.6. The maximum absolute atomic E-state index is 13.9. The van der Waals surface area contributed by atoms with Gasteiger partial charge < -0.3 is 5.32 Å². The highest BCUT2D eigenvalue weighted by Gasteiger charge is 2.27. The minimum Gasteiger partial charge on any atom is -0.317 e. The average Bonchev–Trinajstić information content (AvgIpc) is 3.21. The van der Waals surface area contributed by atoms with Crippen molar-refractivity contribution in [3.63, 3.8) is 0 Å². The molecule has 0 saturated heterocycles. The molecule has 0 unspecified atom stereocenters. The second-order valence-corrected chi connectivity index (χ2v) is 6.22. The molecule has 3 rings (SSSR count). The second-order valence-electron chi connectivity index (χ2n) is 6.22. The summed E-state index contributed by atoms with van der Waals surface area (Å²) in [6.07, 6.45) is 1.22. The number of carbonyl (C=O) groups excluding carboxylic acids is 1. The van der Waals surface area contributed by atoms with E-state index >= 15 is 0 Å². The van der Waals surface area contributed by atoms with E-state index in [0.29, 0.717) is 29.2 Å². The Balaban J connectivity index is 1.88. The van der Waals surface area contributed by atoms with E-state index in [2.05, 4.69) is 15.5 Å². The summed E-state index contributed by atoms with van der Waals surface area (Å²) in [6.45, 7) is 5.78. The molecule has 1 N–H and O–H groups in total. The topological polar surface area (TPSA) is 108 Å². The highest BCUT2D eigenvalue weighted by molar-refractivity contribution is 6.06. The lowest BCUT2D eigenvalue weighted by Gasteiger charge is -2.07. The lowest BCUT2D eigenvalue weighted by molar-refractivity contribution is -0.385. The van der Waals surface area contributed by atoms with Crippen LogP contribution in [0.25, 0.3) is 0 Å². The summed E-state index contributed by atoms with van der Waals surface area (Å²) in [7, 11) is 0. The maximum atomic E-state index is 13.9. The molecule has 0 bridgehead atoms. The van der Waals surface area contributed by atoms with Crippen LogP contribution in [0.4, 0.5) is 15.8 Å². The zero-order valence-corrected chi connectivity index (χ0v) is 15.6. The van der Waals surface area contributed by atoms with E-state index in [0.717, 1.165) is 0 Å². The molecule has 1 aromatic carbocycles. The van der Waals surface area contributed by atoms with Gasteiger partial charge >= 0.3 is 5.69 Å². The van der Waals surface area contributed by atoms with Crippen LogP contribution >= 0.6 is 0 Å². The molecular weight excluding hydrogens is 367 g/mol. The molecule has 9 nitrogen and oxygen atoms in total. The Hall–Kier alpha value is -3.56. The molecule has 0 aliphatic rings. The van der Waals surface area contributed by atoms with E-state index in [1.54, 1.807) is 43.7 Å². The van der Waals surface area contributed by atoms with Gasteiger partial charge in [0, 0.05) is 12.1 Å². The van der Waals surface area contributed by atoms with Crippen LogP contribution in [-0.4, -0.2) is 30.4 Å². The van der Waals surface area contributed by atoms with E-state index < -0.39 is 10.8 Å². The highest BCUT2D eigenvalue weighted by atomic mass is 19.1. The second kappa shape index (κ2) is 7.59. The van der Waals surface area contributed by atoms with Crippen molar-refractivity contribution in [3.05, 3.63) is 69.0 Å². The predicted molar refractivity (Wildman–Crippen MR) is 99.7 cm³/mol. The van der Waals surface area contributed by atoms with E-state index in [-0.39, 0.29) is 23.7 Å². The summed E-state index contributed by atoms with van der Waals surface area (Å²) in [5, 5.41) is 22.2. The molecule has 2 heterocycles. The van der Waals surface area contributed by atoms with E-state index in [1.807, 2.05) is 0 Å². The Morgan fingerprint density at radius 3 is 2.64 bits per heavy atom. The van der Waals surface area contributed by atoms with E-state index in [9.17, 15) is 19.3 Å². The van der Waals surface area contributed by atoms with Crippen molar-refractivity contribution < 1.29 is 14.1 Å². The molecule has 2 aromatic heterocycles. The smallest absolute Gasteiger partial charge is 0.317 e. The number of aromatic nitrogens is 4. The Labute approximate surface area is 159 Å². The van der Waals surface area contributed by atoms with Gasteiger partial charge in [-0.15, -0.1) is 0 Å². The summed E-state index contributed by atoms with van der Waals surface area (Å²) in [5.74, 6) is -1.04. The molecule has 0 atom stereocenters. The largest absolute Gasteiger partial charge is 0.320 e. The fraction of sp³-hybridized carbons (Fsp3) is 0.278. The number of hydrogen-bond donors (Lipinski definition) is 1. The summed E-state index contributed by atoms with van der Waals surface area (Å²) < 4.78 is 16.8. The monoisotopic (exact) mass is 386 g/mol. The first-order chi connectivity index (χ1) is 13.3. The minimum absolute atomic E-state index is 0.194. The number of halogens is 1. The molecule has 1 amide bonds. The molecule has 0 saturated carbocycles. The van der Waals surface area contributed by atoms with E-state index in [1.165, 1.54) is 16.9 Å². The number of benzene rings is 1. The fourth-order valence-electron chi connectivity index (χ4n) is 2.86. The molecule has 0 spiro atoms. The Kier molecular flexibility index (Phi) is 5.21. The van der Waals surface area contributed by atoms with Gasteiger partial charge in [-0.05, 0) is 26.8 Å². The molecule has 10 heteroatoms. The standard InChI is InChI=1S/C18H19FN6O3/c1-4-23-10-15(25(27)28)17(22-23)18(26)20-16-11(2)21-24(12(16)3)9-13-7-5-6-8-14(13)19/h5-8,10H,4,9H2,1-3H3,(H,20,26). The number of hydrogen-bond acceptors (Lipinski definition) is 5. The highest BCUT2D eigenvalue weighted by Crippen LogP contribution is 2.24. The van der Waals surface area contributed by atoms with Crippen molar-refractivity contribution in [3.8, 4) is 0 Å². The van der Waals surface area contributed by atoms with Crippen molar-refractivity contribution in [1.29, 1.82) is 0 Å². The van der Waals surface area contributed by atoms with Crippen LogP contribution < -0.4 is 5.32 Å². The predicted octanol–water partition coefficient (Wildman–Crippen LogP) is 3.06. The van der Waals surface area contributed by atoms with Crippen LogP contribution in [-0.2, 0) is 13.1 Å². The summed E-state index contributed by atoms with van der Waals surface area (Å²) in [5.41, 5.74) is 1.36. The lowest BCUT2D eigenvalue weighted by Crippen LogP contribution is -2.16. The molecule has 0 aliphatic carbocycles. The first kappa shape index (κ1) is 19.2. The third-order valence-corrected chi connectivity index (χ3v) is 4.38. The zero-order chi connectivity index (χ0) is 20.4. The quantitative estimate of drug-likeness (QED) is 0.517. The van der Waals surface area contributed by atoms with Crippen LogP contribution in [0, 0.1) is 29.8 Å². The number of nitrogens with one attached hydrogen (secondary N) is 1. The van der Waals surface area contributed by atoms with Gasteiger partial charge in [0.25, 0.3) is 5.91 Å². The van der Waals surface area contributed by atoms with Crippen molar-refractivity contribution in [2.75, 3.05) is 5.32 Å². The molecular formula is C18H19FN6O3. The lowest BCUT2D eigenvalue weighted by atomic mass is 10.2. The van der Waals surface area contributed by atoms with Gasteiger partial charge in [-0.25, -0.2) is 4.39 Å². The molecule has 0 aliphatic heterocycles. The number of nitrogens with zero attached hydrogens (tertiary/aromatic N) is 5. The molecule has 0 radical (unpaired) electrons. The fourth-order valence-corrected chi connectivity index (χ4v) is 2.86. The van der Waals surface area contributed by atoms with Gasteiger partial charge in [-0.1, -0.05) is 18.2 Å². The number of aryl methyl sites for hydroxylation is 2. The summed E-state index contributed by atoms with van der Waals surface area (Å²) >= 11 is 0. The van der Waals surface area contributed by atoms with Gasteiger partial charge in [0.2, 0.25) is 5.69 Å². The van der Waals surface area contributed by atoms with Gasteiger partial charge in [-0.3, -0.25) is 24.3 Å². The van der Waals surface area contributed by atoms with Gasteiger partial charge in [-0.2, -0.15) is 10.2 Å². The van der Waals surface area contributed by atoms with Gasteiger partial charge in [0.1, 0.15) is 12.0 Å². The third-order valence-electron chi connectivity index (χ3n) is 4.38. The number of carbonyl (C=O) groups is 1. The average molecular weight is 386 g/mol. The Morgan fingerprint density at radius 1 is 1.29 bits per heavy atom. The van der Waals surface area contributed by atoms with Crippen LogP contribution in [0.1, 0.15) is 34.4 Å². The van der Waals surface area contributed by atoms with Crippen molar-refractivity contribution >= 4 is 17.3 Å². The molecule has 3 aromatic rings. The first-order valence-electron chi connectivity index (χ1n) is 8.62. The van der Waals surface area contributed by atoms with Crippen LogP contribution in [0.3, 0.4) is 0 Å². The molecule has 0 fully saturated rings. The van der Waals surface area contributed by atoms with Crippen LogP contribution in [0.2, 0.25) is 0 Å². The van der Waals surface area contributed by atoms with E-state index in [4.69, 9.17) is 0 Å². The number of nitro groups is 1. The van der Waals surface area contributed by atoms with Crippen molar-refractivity contribution in [2.24, 2.45) is 0 Å². The summed E-state index contributed by atoms with van der Waals surface area (Å²) in [4.78, 5) is 23.2. The first-order valence-corrected chi connectivity index (χ1v) is 8.62. The Bertz CT molecular complexity index is 1060. The number of anilines is 1. The molecule has 28 heavy (non-hydrogen) atoms. The van der Waals surface area contributed by atoms with Crippen molar-refractivity contribution in [1.82, 2.24) is 19.6 Å². The summed E-state index contributed by atoms with van der Waals surface area (Å²) in [6, 6.07) is 6.36. The van der Waals surface area contributed by atoms with Gasteiger partial charge in [0.15, 0.2) is 0 Å². The normalized spacial score (nSPS) is 10.9. The molecule has 146 valence electrons. The van der Waals surface area contributed by atoms with Crippen LogP contribution in [0.5, 0.6) is 0 Å². The number of rotatable bonds is 6. The SMILES string of the molecule is CCn1cc([N+](=O)[O-])c(C(=O)Nc2c(C)nn(Cc3ccccc3F)c2C)n1. The van der Waals surface area contributed by atoms with Gasteiger partial charge in [0.05, 0.1) is 28.5 Å². The third kappa shape index (κ3) is 3.61. The van der Waals surface area contributed by atoms with Crippen LogP contribution in [0.15, 0.2) is 30.5 Å².